The fourth-order valence-corrected chi connectivity index (χ4v) is 5.22. The molecular weight excluding hydrogens is 372 g/mol. The van der Waals surface area contributed by atoms with Crippen molar-refractivity contribution in [1.82, 2.24) is 19.7 Å². The van der Waals surface area contributed by atoms with Gasteiger partial charge in [0.15, 0.2) is 0 Å². The maximum Gasteiger partial charge on any atom is 0.262 e. The number of rotatable bonds is 3. The molecule has 7 heteroatoms. The second-order valence-corrected chi connectivity index (χ2v) is 8.62. The van der Waals surface area contributed by atoms with Crippen LogP contribution in [0.2, 0.25) is 0 Å². The predicted octanol–water partition coefficient (Wildman–Crippen LogP) is 3.99. The van der Waals surface area contributed by atoms with E-state index in [1.54, 1.807) is 22.2 Å². The molecule has 3 aromatic heterocycles. The van der Waals surface area contributed by atoms with Crippen LogP contribution in [0, 0.1) is 12.8 Å². The standard InChI is InChI=1S/C21H20N4O2S/c1-12-7-8-15-16(9-12)28-20-18(15)21(26)25(11-22-20)10-17-23-19(24-27-17)14-6-4-3-5-13(14)2/h3-6,11-12H,7-10H2,1-2H3/t12-/m1/s1. The normalized spacial score (nSPS) is 16.4. The fraction of sp³-hybridized carbons (Fsp3) is 0.333. The Morgan fingerprint density at radius 2 is 2.18 bits per heavy atom. The van der Waals surface area contributed by atoms with Crippen LogP contribution in [0.15, 0.2) is 39.9 Å². The smallest absolute Gasteiger partial charge is 0.262 e. The van der Waals surface area contributed by atoms with Crippen LogP contribution in [-0.2, 0) is 19.4 Å². The summed E-state index contributed by atoms with van der Waals surface area (Å²) in [6, 6.07) is 7.89. The summed E-state index contributed by atoms with van der Waals surface area (Å²) in [4.78, 5) is 24.3. The van der Waals surface area contributed by atoms with E-state index in [1.165, 1.54) is 10.4 Å². The largest absolute Gasteiger partial charge is 0.337 e. The average molecular weight is 392 g/mol. The van der Waals surface area contributed by atoms with Gasteiger partial charge in [-0.15, -0.1) is 11.3 Å². The summed E-state index contributed by atoms with van der Waals surface area (Å²) < 4.78 is 6.98. The molecule has 0 saturated heterocycles. The molecule has 0 aliphatic heterocycles. The van der Waals surface area contributed by atoms with E-state index in [4.69, 9.17) is 4.52 Å². The number of hydrogen-bond donors (Lipinski definition) is 0. The molecular formula is C21H20N4O2S. The molecule has 0 amide bonds. The van der Waals surface area contributed by atoms with Gasteiger partial charge >= 0.3 is 0 Å². The zero-order valence-electron chi connectivity index (χ0n) is 15.8. The monoisotopic (exact) mass is 392 g/mol. The Labute approximate surface area is 165 Å². The third kappa shape index (κ3) is 2.86. The third-order valence-corrected chi connectivity index (χ3v) is 6.60. The molecule has 0 N–H and O–H groups in total. The minimum Gasteiger partial charge on any atom is -0.337 e. The Hall–Kier alpha value is -2.80. The topological polar surface area (TPSA) is 73.8 Å². The van der Waals surface area contributed by atoms with E-state index < -0.39 is 0 Å². The number of hydrogen-bond acceptors (Lipinski definition) is 6. The Morgan fingerprint density at radius 3 is 3.04 bits per heavy atom. The minimum atomic E-state index is -0.0207. The molecule has 1 aliphatic carbocycles. The number of aromatic nitrogens is 4. The van der Waals surface area contributed by atoms with Gasteiger partial charge in [0.05, 0.1) is 11.7 Å². The molecule has 0 radical (unpaired) electrons. The first-order chi connectivity index (χ1) is 13.6. The average Bonchev–Trinajstić information content (AvgIpc) is 3.28. The second-order valence-electron chi connectivity index (χ2n) is 7.54. The fourth-order valence-electron chi connectivity index (χ4n) is 3.88. The lowest BCUT2D eigenvalue weighted by Gasteiger charge is -2.17. The quantitative estimate of drug-likeness (QED) is 0.527. The summed E-state index contributed by atoms with van der Waals surface area (Å²) in [5, 5.41) is 4.86. The molecule has 28 heavy (non-hydrogen) atoms. The van der Waals surface area contributed by atoms with Gasteiger partial charge in [0, 0.05) is 10.4 Å². The molecule has 0 fully saturated rings. The van der Waals surface area contributed by atoms with Gasteiger partial charge in [0.1, 0.15) is 11.4 Å². The van der Waals surface area contributed by atoms with Gasteiger partial charge in [-0.3, -0.25) is 9.36 Å². The van der Waals surface area contributed by atoms with Crippen molar-refractivity contribution in [3.05, 3.63) is 62.8 Å². The maximum absolute atomic E-state index is 13.1. The molecule has 142 valence electrons. The van der Waals surface area contributed by atoms with Crippen molar-refractivity contribution in [2.24, 2.45) is 5.92 Å². The Morgan fingerprint density at radius 1 is 1.32 bits per heavy atom. The third-order valence-electron chi connectivity index (χ3n) is 5.44. The zero-order chi connectivity index (χ0) is 19.3. The van der Waals surface area contributed by atoms with Crippen LogP contribution in [-0.4, -0.2) is 19.7 Å². The number of benzene rings is 1. The van der Waals surface area contributed by atoms with Gasteiger partial charge in [0.2, 0.25) is 11.7 Å². The van der Waals surface area contributed by atoms with Crippen molar-refractivity contribution in [1.29, 1.82) is 0 Å². The summed E-state index contributed by atoms with van der Waals surface area (Å²) in [6.07, 6.45) is 4.71. The lowest BCUT2D eigenvalue weighted by atomic mass is 9.89. The number of aryl methyl sites for hydroxylation is 2. The Kier molecular flexibility index (Phi) is 4.12. The van der Waals surface area contributed by atoms with Crippen LogP contribution in [0.3, 0.4) is 0 Å². The summed E-state index contributed by atoms with van der Waals surface area (Å²) >= 11 is 1.66. The van der Waals surface area contributed by atoms with Crippen LogP contribution in [0.5, 0.6) is 0 Å². The summed E-state index contributed by atoms with van der Waals surface area (Å²) in [7, 11) is 0. The van der Waals surface area contributed by atoms with E-state index >= 15 is 0 Å². The first kappa shape index (κ1) is 17.3. The van der Waals surface area contributed by atoms with Crippen LogP contribution >= 0.6 is 11.3 Å². The molecule has 3 heterocycles. The molecule has 1 aromatic carbocycles. The van der Waals surface area contributed by atoms with E-state index in [1.807, 2.05) is 31.2 Å². The predicted molar refractivity (Wildman–Crippen MR) is 109 cm³/mol. The van der Waals surface area contributed by atoms with E-state index in [-0.39, 0.29) is 12.1 Å². The zero-order valence-corrected chi connectivity index (χ0v) is 16.6. The lowest BCUT2D eigenvalue weighted by molar-refractivity contribution is 0.369. The molecule has 0 bridgehead atoms. The van der Waals surface area contributed by atoms with E-state index in [0.29, 0.717) is 17.6 Å². The van der Waals surface area contributed by atoms with Crippen LogP contribution < -0.4 is 5.56 Å². The maximum atomic E-state index is 13.1. The molecule has 4 aromatic rings. The van der Waals surface area contributed by atoms with E-state index in [9.17, 15) is 4.79 Å². The first-order valence-electron chi connectivity index (χ1n) is 9.48. The molecule has 1 aliphatic rings. The van der Waals surface area contributed by atoms with Crippen molar-refractivity contribution < 1.29 is 4.52 Å². The van der Waals surface area contributed by atoms with Crippen molar-refractivity contribution >= 4 is 21.6 Å². The highest BCUT2D eigenvalue weighted by Crippen LogP contribution is 2.35. The van der Waals surface area contributed by atoms with Gasteiger partial charge in [-0.25, -0.2) is 4.98 Å². The van der Waals surface area contributed by atoms with Gasteiger partial charge in [-0.1, -0.05) is 36.3 Å². The number of fused-ring (bicyclic) bond motifs is 3. The molecule has 1 atom stereocenters. The van der Waals surface area contributed by atoms with E-state index in [2.05, 4.69) is 22.0 Å². The number of thiophene rings is 1. The summed E-state index contributed by atoms with van der Waals surface area (Å²) in [5.41, 5.74) is 3.18. The van der Waals surface area contributed by atoms with Gasteiger partial charge in [-0.2, -0.15) is 4.98 Å². The van der Waals surface area contributed by atoms with Crippen LogP contribution in [0.25, 0.3) is 21.6 Å². The molecule has 6 nitrogen and oxygen atoms in total. The van der Waals surface area contributed by atoms with Crippen LogP contribution in [0.4, 0.5) is 0 Å². The van der Waals surface area contributed by atoms with Crippen molar-refractivity contribution in [3.63, 3.8) is 0 Å². The summed E-state index contributed by atoms with van der Waals surface area (Å²) in [5.74, 6) is 1.61. The van der Waals surface area contributed by atoms with E-state index in [0.717, 1.165) is 40.6 Å². The minimum absolute atomic E-state index is 0.0207. The molecule has 0 spiro atoms. The molecule has 0 unspecified atom stereocenters. The Bertz CT molecular complexity index is 1240. The highest BCUT2D eigenvalue weighted by Gasteiger charge is 2.23. The van der Waals surface area contributed by atoms with Crippen molar-refractivity contribution in [2.45, 2.75) is 39.7 Å². The van der Waals surface area contributed by atoms with Crippen LogP contribution in [0.1, 0.15) is 35.2 Å². The Balaban J connectivity index is 1.50. The van der Waals surface area contributed by atoms with Gasteiger partial charge in [-0.05, 0) is 43.2 Å². The number of nitrogens with zero attached hydrogens (tertiary/aromatic N) is 4. The lowest BCUT2D eigenvalue weighted by Crippen LogP contribution is -2.22. The highest BCUT2D eigenvalue weighted by molar-refractivity contribution is 7.18. The van der Waals surface area contributed by atoms with Crippen molar-refractivity contribution in [2.75, 3.05) is 0 Å². The van der Waals surface area contributed by atoms with Gasteiger partial charge in [0.25, 0.3) is 5.56 Å². The summed E-state index contributed by atoms with van der Waals surface area (Å²) in [6.45, 7) is 4.50. The SMILES string of the molecule is Cc1ccccc1-c1noc(Cn2cnc3sc4c(c3c2=O)CC[C@@H](C)C4)n1. The molecule has 0 saturated carbocycles. The van der Waals surface area contributed by atoms with Gasteiger partial charge < -0.3 is 4.52 Å². The highest BCUT2D eigenvalue weighted by atomic mass is 32.1. The first-order valence-corrected chi connectivity index (χ1v) is 10.3. The second kappa shape index (κ2) is 6.67. The van der Waals surface area contributed by atoms with Crippen molar-refractivity contribution in [3.8, 4) is 11.4 Å². The molecule has 5 rings (SSSR count).